The molecule has 2 aliphatic heterocycles. The highest BCUT2D eigenvalue weighted by Crippen LogP contribution is 2.35. The second kappa shape index (κ2) is 12.1. The summed E-state index contributed by atoms with van der Waals surface area (Å²) in [5.41, 5.74) is -1.73. The number of carbonyl (C=O) groups is 1. The molecule has 4 heterocycles. The summed E-state index contributed by atoms with van der Waals surface area (Å²) < 4.78 is 80.8. The standard InChI is InChI=1S/C28H34F5N7O3/c1-27(2,3)43-26(41)39-8-6-17(7-9-39)16-34-25-36-21(38-10-12-42-13-11-38)15-22(37-25)40-20-14-18(28(31,32)33)4-5-19(20)35-24(40)23(29)30/h4-5,14-15,17,23H,6-13,16H2,1-3H3,(H,34,36,37). The van der Waals surface area contributed by atoms with Crippen molar-refractivity contribution in [2.24, 2.45) is 5.92 Å². The SMILES string of the molecule is CC(C)(C)OC(=O)N1CCC(CNc2nc(N3CCOCC3)cc(-n3c(C(F)F)nc4ccc(C(F)(F)F)cc43)n2)CC1. The Bertz CT molecular complexity index is 1440. The van der Waals surface area contributed by atoms with Gasteiger partial charge in [-0.3, -0.25) is 4.57 Å². The number of carbonyl (C=O) groups excluding carboxylic acids is 1. The van der Waals surface area contributed by atoms with Gasteiger partial charge in [0.05, 0.1) is 29.8 Å². The minimum absolute atomic E-state index is 0.0129. The highest BCUT2D eigenvalue weighted by Gasteiger charge is 2.32. The third kappa shape index (κ3) is 7.25. The molecule has 2 aromatic heterocycles. The fraction of sp³-hybridized carbons (Fsp3) is 0.571. The number of ether oxygens (including phenoxy) is 2. The molecule has 1 N–H and O–H groups in total. The third-order valence-corrected chi connectivity index (χ3v) is 7.28. The fourth-order valence-electron chi connectivity index (χ4n) is 5.11. The zero-order chi connectivity index (χ0) is 30.9. The Morgan fingerprint density at radius 3 is 2.33 bits per heavy atom. The summed E-state index contributed by atoms with van der Waals surface area (Å²) in [6.07, 6.45) is -6.71. The van der Waals surface area contributed by atoms with Gasteiger partial charge >= 0.3 is 12.3 Å². The number of morpholine rings is 1. The Morgan fingerprint density at radius 2 is 1.70 bits per heavy atom. The monoisotopic (exact) mass is 611 g/mol. The summed E-state index contributed by atoms with van der Waals surface area (Å²) in [5.74, 6) is -0.0257. The van der Waals surface area contributed by atoms with Gasteiger partial charge in [0.25, 0.3) is 6.43 Å². The van der Waals surface area contributed by atoms with E-state index in [1.54, 1.807) is 4.90 Å². The van der Waals surface area contributed by atoms with Crippen LogP contribution in [-0.4, -0.2) is 82.1 Å². The lowest BCUT2D eigenvalue weighted by Crippen LogP contribution is -2.42. The maximum atomic E-state index is 14.2. The minimum atomic E-state index is -4.68. The average Bonchev–Trinajstić information content (AvgIpc) is 3.35. The highest BCUT2D eigenvalue weighted by atomic mass is 19.4. The van der Waals surface area contributed by atoms with E-state index in [1.807, 2.05) is 25.7 Å². The summed E-state index contributed by atoms with van der Waals surface area (Å²) in [6, 6.07) is 4.17. The highest BCUT2D eigenvalue weighted by molar-refractivity contribution is 5.79. The van der Waals surface area contributed by atoms with E-state index < -0.39 is 29.6 Å². The number of hydrogen-bond donors (Lipinski definition) is 1. The van der Waals surface area contributed by atoms with E-state index >= 15 is 0 Å². The van der Waals surface area contributed by atoms with Crippen molar-refractivity contribution in [1.29, 1.82) is 0 Å². The van der Waals surface area contributed by atoms with Crippen molar-refractivity contribution < 1.29 is 36.2 Å². The van der Waals surface area contributed by atoms with Crippen LogP contribution in [0.4, 0.5) is 38.5 Å². The number of likely N-dealkylation sites (tertiary alicyclic amines) is 1. The number of fused-ring (bicyclic) bond motifs is 1. The number of hydrogen-bond acceptors (Lipinski definition) is 8. The molecule has 0 radical (unpaired) electrons. The molecule has 43 heavy (non-hydrogen) atoms. The number of nitrogens with zero attached hydrogens (tertiary/aromatic N) is 6. The Morgan fingerprint density at radius 1 is 1.02 bits per heavy atom. The normalized spacial score (nSPS) is 17.1. The molecule has 234 valence electrons. The Hall–Kier alpha value is -3.75. The zero-order valence-electron chi connectivity index (χ0n) is 24.1. The number of nitrogens with one attached hydrogen (secondary N) is 1. The van der Waals surface area contributed by atoms with Gasteiger partial charge in [-0.1, -0.05) is 0 Å². The van der Waals surface area contributed by atoms with Gasteiger partial charge in [-0.25, -0.2) is 18.6 Å². The Labute approximate surface area is 245 Å². The van der Waals surface area contributed by atoms with Crippen molar-refractivity contribution in [2.45, 2.75) is 51.8 Å². The minimum Gasteiger partial charge on any atom is -0.444 e. The topological polar surface area (TPSA) is 97.6 Å². The van der Waals surface area contributed by atoms with Crippen molar-refractivity contribution in [1.82, 2.24) is 24.4 Å². The van der Waals surface area contributed by atoms with E-state index in [2.05, 4.69) is 20.3 Å². The molecule has 15 heteroatoms. The van der Waals surface area contributed by atoms with Gasteiger partial charge in [-0.05, 0) is 57.7 Å². The summed E-state index contributed by atoms with van der Waals surface area (Å²) >= 11 is 0. The van der Waals surface area contributed by atoms with Crippen molar-refractivity contribution in [3.63, 3.8) is 0 Å². The molecular formula is C28H34F5N7O3. The van der Waals surface area contributed by atoms with Gasteiger partial charge < -0.3 is 24.6 Å². The van der Waals surface area contributed by atoms with Crippen LogP contribution in [0.15, 0.2) is 24.3 Å². The molecule has 2 fully saturated rings. The van der Waals surface area contributed by atoms with E-state index in [4.69, 9.17) is 9.47 Å². The molecule has 0 spiro atoms. The van der Waals surface area contributed by atoms with Crippen molar-refractivity contribution >= 4 is 28.9 Å². The van der Waals surface area contributed by atoms with Crippen LogP contribution >= 0.6 is 0 Å². The molecule has 2 aliphatic rings. The maximum absolute atomic E-state index is 14.2. The van der Waals surface area contributed by atoms with E-state index in [0.29, 0.717) is 64.6 Å². The molecule has 5 rings (SSSR count). The van der Waals surface area contributed by atoms with Crippen LogP contribution in [0, 0.1) is 5.92 Å². The van der Waals surface area contributed by atoms with E-state index in [-0.39, 0.29) is 34.8 Å². The van der Waals surface area contributed by atoms with E-state index in [0.717, 1.165) is 22.8 Å². The average molecular weight is 612 g/mol. The first-order valence-corrected chi connectivity index (χ1v) is 14.1. The molecule has 10 nitrogen and oxygen atoms in total. The predicted octanol–water partition coefficient (Wildman–Crippen LogP) is 5.67. The van der Waals surface area contributed by atoms with Crippen LogP contribution in [-0.2, 0) is 15.7 Å². The zero-order valence-corrected chi connectivity index (χ0v) is 24.1. The number of alkyl halides is 5. The maximum Gasteiger partial charge on any atom is 0.416 e. The first-order valence-electron chi connectivity index (χ1n) is 14.1. The van der Waals surface area contributed by atoms with Crippen LogP contribution in [0.2, 0.25) is 0 Å². The molecule has 0 aliphatic carbocycles. The number of amides is 1. The Kier molecular flexibility index (Phi) is 8.63. The molecule has 0 bridgehead atoms. The Balaban J connectivity index is 1.43. The van der Waals surface area contributed by atoms with Gasteiger partial charge in [0.1, 0.15) is 17.2 Å². The fourth-order valence-corrected chi connectivity index (χ4v) is 5.11. The summed E-state index contributed by atoms with van der Waals surface area (Å²) in [6.45, 7) is 8.76. The molecule has 0 atom stereocenters. The molecular weight excluding hydrogens is 577 g/mol. The van der Waals surface area contributed by atoms with Crippen molar-refractivity contribution in [3.05, 3.63) is 35.7 Å². The number of anilines is 2. The lowest BCUT2D eigenvalue weighted by molar-refractivity contribution is -0.137. The number of imidazole rings is 1. The molecule has 2 saturated heterocycles. The molecule has 1 amide bonds. The van der Waals surface area contributed by atoms with Gasteiger partial charge in [0.2, 0.25) is 5.95 Å². The quantitative estimate of drug-likeness (QED) is 0.357. The largest absolute Gasteiger partial charge is 0.444 e. The number of aromatic nitrogens is 4. The number of halogens is 5. The van der Waals surface area contributed by atoms with Crippen LogP contribution in [0.1, 0.15) is 51.4 Å². The molecule has 0 saturated carbocycles. The van der Waals surface area contributed by atoms with E-state index in [9.17, 15) is 26.7 Å². The third-order valence-electron chi connectivity index (χ3n) is 7.28. The van der Waals surface area contributed by atoms with Crippen LogP contribution in [0.25, 0.3) is 16.9 Å². The first-order chi connectivity index (χ1) is 20.3. The first kappa shape index (κ1) is 30.7. The second-order valence-electron chi connectivity index (χ2n) is 11.6. The second-order valence-corrected chi connectivity index (χ2v) is 11.6. The number of rotatable bonds is 6. The van der Waals surface area contributed by atoms with Gasteiger partial charge in [-0.15, -0.1) is 0 Å². The number of piperidine rings is 1. The lowest BCUT2D eigenvalue weighted by Gasteiger charge is -2.33. The smallest absolute Gasteiger partial charge is 0.416 e. The van der Waals surface area contributed by atoms with Crippen molar-refractivity contribution in [3.8, 4) is 5.82 Å². The molecule has 1 aromatic carbocycles. The van der Waals surface area contributed by atoms with Gasteiger partial charge in [-0.2, -0.15) is 23.1 Å². The van der Waals surface area contributed by atoms with Gasteiger partial charge in [0, 0.05) is 38.8 Å². The summed E-state index contributed by atoms with van der Waals surface area (Å²) in [4.78, 5) is 29.0. The van der Waals surface area contributed by atoms with E-state index in [1.165, 1.54) is 6.07 Å². The molecule has 3 aromatic rings. The van der Waals surface area contributed by atoms with Crippen LogP contribution < -0.4 is 10.2 Å². The van der Waals surface area contributed by atoms with Crippen LogP contribution in [0.5, 0.6) is 0 Å². The lowest BCUT2D eigenvalue weighted by atomic mass is 9.97. The van der Waals surface area contributed by atoms with Crippen LogP contribution in [0.3, 0.4) is 0 Å². The summed E-state index contributed by atoms with van der Waals surface area (Å²) in [7, 11) is 0. The van der Waals surface area contributed by atoms with Gasteiger partial charge in [0.15, 0.2) is 5.82 Å². The predicted molar refractivity (Wildman–Crippen MR) is 149 cm³/mol. The number of benzene rings is 1. The molecule has 0 unspecified atom stereocenters. The van der Waals surface area contributed by atoms with Crippen molar-refractivity contribution in [2.75, 3.05) is 56.2 Å². The summed E-state index contributed by atoms with van der Waals surface area (Å²) in [5, 5.41) is 3.19.